The van der Waals surface area contributed by atoms with Crippen molar-refractivity contribution in [1.82, 2.24) is 0 Å². The Labute approximate surface area is 89.0 Å². The van der Waals surface area contributed by atoms with Crippen molar-refractivity contribution in [2.45, 2.75) is 12.3 Å². The van der Waals surface area contributed by atoms with Crippen LogP contribution >= 0.6 is 0 Å². The van der Waals surface area contributed by atoms with Crippen molar-refractivity contribution >= 4 is 12.0 Å². The fraction of sp³-hybridized carbons (Fsp3) is 0.250. The summed E-state index contributed by atoms with van der Waals surface area (Å²) >= 11 is 0. The van der Waals surface area contributed by atoms with Crippen LogP contribution in [-0.4, -0.2) is 25.7 Å². The van der Waals surface area contributed by atoms with Crippen LogP contribution in [0.4, 0.5) is 5.69 Å². The topological polar surface area (TPSA) is 29.5 Å². The Hall–Kier alpha value is -1.61. The molecule has 1 aromatic rings. The highest BCUT2D eigenvalue weighted by Crippen LogP contribution is 2.24. The van der Waals surface area contributed by atoms with Gasteiger partial charge < -0.3 is 14.4 Å². The third-order valence-corrected chi connectivity index (χ3v) is 2.50. The summed E-state index contributed by atoms with van der Waals surface area (Å²) in [6.07, 6.45) is 4.52. The van der Waals surface area contributed by atoms with Gasteiger partial charge in [-0.1, -0.05) is 24.3 Å². The van der Waals surface area contributed by atoms with E-state index in [-0.39, 0.29) is 12.3 Å². The highest BCUT2D eigenvalue weighted by molar-refractivity contribution is 5.71. The van der Waals surface area contributed by atoms with Gasteiger partial charge in [-0.2, -0.15) is 0 Å². The van der Waals surface area contributed by atoms with Crippen LogP contribution < -0.4 is 4.90 Å². The summed E-state index contributed by atoms with van der Waals surface area (Å²) in [5.74, 6) is 0. The zero-order chi connectivity index (χ0) is 10.7. The van der Waals surface area contributed by atoms with Crippen molar-refractivity contribution in [2.75, 3.05) is 12.0 Å². The molecule has 0 N–H and O–H groups in total. The van der Waals surface area contributed by atoms with Crippen LogP contribution in [0.1, 0.15) is 0 Å². The van der Waals surface area contributed by atoms with Gasteiger partial charge in [-0.3, -0.25) is 0 Å². The number of para-hydroxylation sites is 1. The molecule has 2 rings (SSSR count). The molecule has 0 fully saturated rings. The molecule has 1 aliphatic rings. The molecule has 1 heterocycles. The minimum absolute atomic E-state index is 0.150. The van der Waals surface area contributed by atoms with Crippen molar-refractivity contribution in [3.05, 3.63) is 42.5 Å². The Morgan fingerprint density at radius 3 is 2.60 bits per heavy atom. The lowest BCUT2D eigenvalue weighted by atomic mass is 10.2. The quantitative estimate of drug-likeness (QED) is 0.552. The molecule has 0 bridgehead atoms. The average Bonchev–Trinajstić information content (AvgIpc) is 2.72. The second kappa shape index (κ2) is 4.28. The number of benzene rings is 1. The number of rotatable bonds is 3. The molecule has 2 atom stereocenters. The van der Waals surface area contributed by atoms with Crippen LogP contribution in [0.2, 0.25) is 0 Å². The van der Waals surface area contributed by atoms with Crippen molar-refractivity contribution in [3.8, 4) is 0 Å². The van der Waals surface area contributed by atoms with E-state index in [9.17, 15) is 4.79 Å². The summed E-state index contributed by atoms with van der Waals surface area (Å²) < 4.78 is 5.29. The first-order valence-corrected chi connectivity index (χ1v) is 4.86. The molecule has 0 spiro atoms. The largest absolute Gasteiger partial charge is 0.358 e. The fourth-order valence-corrected chi connectivity index (χ4v) is 1.79. The van der Waals surface area contributed by atoms with E-state index in [1.807, 2.05) is 47.4 Å². The Morgan fingerprint density at radius 2 is 2.00 bits per heavy atom. The maximum absolute atomic E-state index is 10.9. The molecule has 0 saturated heterocycles. The highest BCUT2D eigenvalue weighted by atomic mass is 16.5. The molecular formula is C12H13NO2. The predicted molar refractivity (Wildman–Crippen MR) is 58.7 cm³/mol. The third kappa shape index (κ3) is 1.78. The Kier molecular flexibility index (Phi) is 2.83. The molecule has 0 saturated carbocycles. The minimum atomic E-state index is -0.225. The maximum atomic E-state index is 10.9. The summed E-state index contributed by atoms with van der Waals surface area (Å²) in [6.45, 7) is 0. The van der Waals surface area contributed by atoms with Crippen LogP contribution in [0.5, 0.6) is 0 Å². The van der Waals surface area contributed by atoms with Gasteiger partial charge in [0.05, 0.1) is 0 Å². The van der Waals surface area contributed by atoms with Gasteiger partial charge in [0.2, 0.25) is 0 Å². The Morgan fingerprint density at radius 1 is 1.27 bits per heavy atom. The number of carbonyl (C=O) groups excluding carboxylic acids is 1. The van der Waals surface area contributed by atoms with Crippen LogP contribution in [0, 0.1) is 0 Å². The van der Waals surface area contributed by atoms with E-state index in [2.05, 4.69) is 0 Å². The maximum Gasteiger partial charge on any atom is 0.149 e. The molecule has 1 aromatic carbocycles. The average molecular weight is 203 g/mol. The lowest BCUT2D eigenvalue weighted by molar-refractivity contribution is -0.108. The molecule has 0 aliphatic carbocycles. The monoisotopic (exact) mass is 203 g/mol. The van der Waals surface area contributed by atoms with Crippen molar-refractivity contribution in [1.29, 1.82) is 0 Å². The molecule has 0 aromatic heterocycles. The number of hydrogen-bond acceptors (Lipinski definition) is 3. The van der Waals surface area contributed by atoms with Gasteiger partial charge in [0, 0.05) is 12.8 Å². The number of aldehydes is 1. The van der Waals surface area contributed by atoms with E-state index >= 15 is 0 Å². The second-order valence-electron chi connectivity index (χ2n) is 3.38. The standard InChI is InChI=1S/C12H13NO2/c1-15-12-8-7-11(9-14)13(12)10-5-3-2-4-6-10/h2-9,11-12H,1H3. The smallest absolute Gasteiger partial charge is 0.149 e. The van der Waals surface area contributed by atoms with E-state index in [1.54, 1.807) is 7.11 Å². The van der Waals surface area contributed by atoms with Gasteiger partial charge in [-0.15, -0.1) is 0 Å². The summed E-state index contributed by atoms with van der Waals surface area (Å²) in [7, 11) is 1.64. The normalized spacial score (nSPS) is 24.5. The molecular weight excluding hydrogens is 190 g/mol. The van der Waals surface area contributed by atoms with Crippen molar-refractivity contribution in [3.63, 3.8) is 0 Å². The number of anilines is 1. The molecule has 78 valence electrons. The number of methoxy groups -OCH3 is 1. The van der Waals surface area contributed by atoms with Crippen LogP contribution in [-0.2, 0) is 9.53 Å². The first-order chi connectivity index (χ1) is 7.36. The lowest BCUT2D eigenvalue weighted by Crippen LogP contribution is -2.38. The molecule has 0 amide bonds. The van der Waals surface area contributed by atoms with Gasteiger partial charge in [-0.25, -0.2) is 0 Å². The minimum Gasteiger partial charge on any atom is -0.358 e. The SMILES string of the molecule is COC1C=CC(C=O)N1c1ccccc1. The number of hydrogen-bond donors (Lipinski definition) is 0. The molecule has 1 aliphatic heterocycles. The van der Waals surface area contributed by atoms with Crippen LogP contribution in [0.15, 0.2) is 42.5 Å². The van der Waals surface area contributed by atoms with Crippen LogP contribution in [0.3, 0.4) is 0 Å². The summed E-state index contributed by atoms with van der Waals surface area (Å²) in [4.78, 5) is 12.8. The van der Waals surface area contributed by atoms with Crippen LogP contribution in [0.25, 0.3) is 0 Å². The van der Waals surface area contributed by atoms with E-state index in [0.717, 1.165) is 12.0 Å². The Bertz CT molecular complexity index is 361. The second-order valence-corrected chi connectivity index (χ2v) is 3.38. The molecule has 3 heteroatoms. The van der Waals surface area contributed by atoms with Gasteiger partial charge in [0.1, 0.15) is 18.6 Å². The van der Waals surface area contributed by atoms with Crippen molar-refractivity contribution < 1.29 is 9.53 Å². The number of carbonyl (C=O) groups is 1. The van der Waals surface area contributed by atoms with Gasteiger partial charge >= 0.3 is 0 Å². The van der Waals surface area contributed by atoms with Gasteiger partial charge in [0.25, 0.3) is 0 Å². The first-order valence-electron chi connectivity index (χ1n) is 4.86. The summed E-state index contributed by atoms with van der Waals surface area (Å²) in [6, 6.07) is 9.55. The number of ether oxygens (including phenoxy) is 1. The third-order valence-electron chi connectivity index (χ3n) is 2.50. The van der Waals surface area contributed by atoms with Crippen molar-refractivity contribution in [2.24, 2.45) is 0 Å². The highest BCUT2D eigenvalue weighted by Gasteiger charge is 2.27. The molecule has 3 nitrogen and oxygen atoms in total. The predicted octanol–water partition coefficient (Wildman–Crippen LogP) is 1.60. The van der Waals surface area contributed by atoms with E-state index in [1.165, 1.54) is 0 Å². The van der Waals surface area contributed by atoms with E-state index in [0.29, 0.717) is 0 Å². The zero-order valence-corrected chi connectivity index (χ0v) is 8.54. The first kappa shape index (κ1) is 9.93. The van der Waals surface area contributed by atoms with Gasteiger partial charge in [-0.05, 0) is 18.2 Å². The summed E-state index contributed by atoms with van der Waals surface area (Å²) in [5, 5.41) is 0. The Balaban J connectivity index is 2.29. The zero-order valence-electron chi connectivity index (χ0n) is 8.54. The fourth-order valence-electron chi connectivity index (χ4n) is 1.79. The lowest BCUT2D eigenvalue weighted by Gasteiger charge is -2.28. The molecule has 2 unspecified atom stereocenters. The van der Waals surface area contributed by atoms with E-state index in [4.69, 9.17) is 4.74 Å². The van der Waals surface area contributed by atoms with Gasteiger partial charge in [0.15, 0.2) is 0 Å². The molecule has 15 heavy (non-hydrogen) atoms. The summed E-state index contributed by atoms with van der Waals surface area (Å²) in [5.41, 5.74) is 0.992. The molecule has 0 radical (unpaired) electrons. The number of nitrogens with zero attached hydrogens (tertiary/aromatic N) is 1. The van der Waals surface area contributed by atoms with E-state index < -0.39 is 0 Å².